The number of Topliss-reactive ketones (excluding diaryl/α,β-unsaturated/α-hetero) is 1. The maximum absolute atomic E-state index is 12.4. The van der Waals surface area contributed by atoms with Gasteiger partial charge in [0.1, 0.15) is 5.75 Å². The van der Waals surface area contributed by atoms with Crippen molar-refractivity contribution in [2.24, 2.45) is 0 Å². The molecule has 1 aliphatic rings. The summed E-state index contributed by atoms with van der Waals surface area (Å²) in [5, 5.41) is 2.95. The Morgan fingerprint density at radius 1 is 1.07 bits per heavy atom. The number of nitrogens with zero attached hydrogens (tertiary/aromatic N) is 1. The van der Waals surface area contributed by atoms with E-state index in [0.29, 0.717) is 30.0 Å². The molecule has 0 fully saturated rings. The normalized spacial score (nSPS) is 15.5. The Morgan fingerprint density at radius 2 is 1.81 bits per heavy atom. The van der Waals surface area contributed by atoms with Crippen molar-refractivity contribution in [2.75, 3.05) is 26.2 Å². The number of benzene rings is 2. The fourth-order valence-corrected chi connectivity index (χ4v) is 3.24. The Kier molecular flexibility index (Phi) is 6.60. The van der Waals surface area contributed by atoms with Gasteiger partial charge in [0.05, 0.1) is 5.56 Å². The molecule has 142 valence electrons. The van der Waals surface area contributed by atoms with Crippen LogP contribution in [-0.4, -0.2) is 48.9 Å². The average molecular weight is 366 g/mol. The van der Waals surface area contributed by atoms with Crippen LogP contribution in [0.4, 0.5) is 0 Å². The lowest BCUT2D eigenvalue weighted by molar-refractivity contribution is 0.0784. The molecule has 2 aromatic rings. The van der Waals surface area contributed by atoms with Crippen LogP contribution in [0.3, 0.4) is 0 Å². The highest BCUT2D eigenvalue weighted by atomic mass is 16.5. The first-order valence-corrected chi connectivity index (χ1v) is 9.54. The number of ketones is 1. The van der Waals surface area contributed by atoms with Gasteiger partial charge in [0.15, 0.2) is 6.10 Å². The molecule has 1 aliphatic heterocycles. The van der Waals surface area contributed by atoms with E-state index in [-0.39, 0.29) is 11.7 Å². The first-order chi connectivity index (χ1) is 13.2. The quantitative estimate of drug-likeness (QED) is 0.693. The number of ether oxygens (including phenoxy) is 1. The van der Waals surface area contributed by atoms with Gasteiger partial charge in [-0.1, -0.05) is 37.3 Å². The van der Waals surface area contributed by atoms with Crippen LogP contribution in [0.15, 0.2) is 54.6 Å². The van der Waals surface area contributed by atoms with E-state index < -0.39 is 6.10 Å². The standard InChI is InChI=1S/C22H26N2O3/c1-2-24(16-20-21(25)18-12-6-7-13-19(18)27-20)15-9-8-14-23-22(26)17-10-4-3-5-11-17/h3-7,10-13,20H,2,8-9,14-16H2,1H3,(H,23,26). The van der Waals surface area contributed by atoms with Gasteiger partial charge in [-0.3, -0.25) is 14.5 Å². The Morgan fingerprint density at radius 3 is 2.56 bits per heavy atom. The minimum Gasteiger partial charge on any atom is -0.480 e. The van der Waals surface area contributed by atoms with Crippen LogP contribution >= 0.6 is 0 Å². The van der Waals surface area contributed by atoms with Crippen LogP contribution in [0.1, 0.15) is 40.5 Å². The van der Waals surface area contributed by atoms with Gasteiger partial charge >= 0.3 is 0 Å². The highest BCUT2D eigenvalue weighted by Crippen LogP contribution is 2.28. The van der Waals surface area contributed by atoms with E-state index in [1.165, 1.54) is 0 Å². The fourth-order valence-electron chi connectivity index (χ4n) is 3.24. The molecule has 1 amide bonds. The van der Waals surface area contributed by atoms with Crippen LogP contribution in [0, 0.1) is 0 Å². The van der Waals surface area contributed by atoms with Gasteiger partial charge in [0.25, 0.3) is 5.91 Å². The number of unbranched alkanes of at least 4 members (excludes halogenated alkanes) is 1. The van der Waals surface area contributed by atoms with E-state index in [1.54, 1.807) is 0 Å². The van der Waals surface area contributed by atoms with Crippen molar-refractivity contribution in [2.45, 2.75) is 25.9 Å². The number of carbonyl (C=O) groups is 2. The number of para-hydroxylation sites is 1. The zero-order valence-corrected chi connectivity index (χ0v) is 15.7. The molecule has 0 radical (unpaired) electrons. The number of nitrogens with one attached hydrogen (secondary N) is 1. The van der Waals surface area contributed by atoms with Crippen LogP contribution in [0.25, 0.3) is 0 Å². The van der Waals surface area contributed by atoms with Crippen molar-refractivity contribution in [1.82, 2.24) is 10.2 Å². The largest absolute Gasteiger partial charge is 0.480 e. The maximum Gasteiger partial charge on any atom is 0.251 e. The summed E-state index contributed by atoms with van der Waals surface area (Å²) in [6, 6.07) is 16.7. The predicted octanol–water partition coefficient (Wildman–Crippen LogP) is 3.16. The van der Waals surface area contributed by atoms with Crippen molar-refractivity contribution < 1.29 is 14.3 Å². The molecule has 1 N–H and O–H groups in total. The third-order valence-electron chi connectivity index (χ3n) is 4.81. The SMILES string of the molecule is CCN(CCCCNC(=O)c1ccccc1)CC1Oc2ccccc2C1=O. The minimum atomic E-state index is -0.417. The Labute approximate surface area is 160 Å². The topological polar surface area (TPSA) is 58.6 Å². The molecule has 5 heteroatoms. The van der Waals surface area contributed by atoms with Crippen molar-refractivity contribution >= 4 is 11.7 Å². The number of likely N-dealkylation sites (N-methyl/N-ethyl adjacent to an activating group) is 1. The van der Waals surface area contributed by atoms with Gasteiger partial charge in [0, 0.05) is 18.7 Å². The van der Waals surface area contributed by atoms with Crippen LogP contribution < -0.4 is 10.1 Å². The number of fused-ring (bicyclic) bond motifs is 1. The van der Waals surface area contributed by atoms with Gasteiger partial charge < -0.3 is 10.1 Å². The summed E-state index contributed by atoms with van der Waals surface area (Å²) in [6.07, 6.45) is 1.44. The molecule has 5 nitrogen and oxygen atoms in total. The van der Waals surface area contributed by atoms with Crippen LogP contribution in [-0.2, 0) is 0 Å². The zero-order valence-electron chi connectivity index (χ0n) is 15.7. The van der Waals surface area contributed by atoms with Crippen molar-refractivity contribution in [3.63, 3.8) is 0 Å². The molecule has 27 heavy (non-hydrogen) atoms. The Bertz CT molecular complexity index is 776. The van der Waals surface area contributed by atoms with E-state index in [0.717, 1.165) is 25.9 Å². The molecule has 3 rings (SSSR count). The third-order valence-corrected chi connectivity index (χ3v) is 4.81. The number of carbonyl (C=O) groups excluding carboxylic acids is 2. The second-order valence-electron chi connectivity index (χ2n) is 6.69. The highest BCUT2D eigenvalue weighted by molar-refractivity contribution is 6.04. The maximum atomic E-state index is 12.4. The molecule has 0 saturated carbocycles. The van der Waals surface area contributed by atoms with Crippen molar-refractivity contribution in [3.8, 4) is 5.75 Å². The number of hydrogen-bond donors (Lipinski definition) is 1. The summed E-state index contributed by atoms with van der Waals surface area (Å²) < 4.78 is 5.81. The molecule has 2 aromatic carbocycles. The monoisotopic (exact) mass is 366 g/mol. The van der Waals surface area contributed by atoms with Gasteiger partial charge in [-0.25, -0.2) is 0 Å². The summed E-state index contributed by atoms with van der Waals surface area (Å²) >= 11 is 0. The number of hydrogen-bond acceptors (Lipinski definition) is 4. The second-order valence-corrected chi connectivity index (χ2v) is 6.69. The van der Waals surface area contributed by atoms with E-state index in [4.69, 9.17) is 4.74 Å². The van der Waals surface area contributed by atoms with Gasteiger partial charge in [0.2, 0.25) is 5.78 Å². The molecular formula is C22H26N2O3. The van der Waals surface area contributed by atoms with E-state index in [1.807, 2.05) is 54.6 Å². The van der Waals surface area contributed by atoms with E-state index >= 15 is 0 Å². The van der Waals surface area contributed by atoms with Crippen molar-refractivity contribution in [1.29, 1.82) is 0 Å². The van der Waals surface area contributed by atoms with Crippen LogP contribution in [0.2, 0.25) is 0 Å². The lowest BCUT2D eigenvalue weighted by atomic mass is 10.1. The Hall–Kier alpha value is -2.66. The number of rotatable bonds is 9. The second kappa shape index (κ2) is 9.33. The molecular weight excluding hydrogens is 340 g/mol. The lowest BCUT2D eigenvalue weighted by Crippen LogP contribution is -2.38. The molecule has 0 saturated heterocycles. The summed E-state index contributed by atoms with van der Waals surface area (Å²) in [6.45, 7) is 5.07. The average Bonchev–Trinajstić information content (AvgIpc) is 3.03. The van der Waals surface area contributed by atoms with Gasteiger partial charge in [-0.15, -0.1) is 0 Å². The first kappa shape index (κ1) is 19.1. The molecule has 0 aromatic heterocycles. The van der Waals surface area contributed by atoms with Crippen molar-refractivity contribution in [3.05, 3.63) is 65.7 Å². The minimum absolute atomic E-state index is 0.0364. The molecule has 1 atom stereocenters. The summed E-state index contributed by atoms with van der Waals surface area (Å²) in [5.74, 6) is 0.719. The van der Waals surface area contributed by atoms with E-state index in [9.17, 15) is 9.59 Å². The Balaban J connectivity index is 1.37. The fraction of sp³-hybridized carbons (Fsp3) is 0.364. The molecule has 1 heterocycles. The van der Waals surface area contributed by atoms with E-state index in [2.05, 4.69) is 17.1 Å². The van der Waals surface area contributed by atoms with Gasteiger partial charge in [-0.05, 0) is 50.2 Å². The molecule has 0 aliphatic carbocycles. The summed E-state index contributed by atoms with van der Waals surface area (Å²) in [7, 11) is 0. The summed E-state index contributed by atoms with van der Waals surface area (Å²) in [5.41, 5.74) is 1.37. The highest BCUT2D eigenvalue weighted by Gasteiger charge is 2.32. The first-order valence-electron chi connectivity index (χ1n) is 9.54. The van der Waals surface area contributed by atoms with Crippen LogP contribution in [0.5, 0.6) is 5.75 Å². The van der Waals surface area contributed by atoms with Gasteiger partial charge in [-0.2, -0.15) is 0 Å². The predicted molar refractivity (Wildman–Crippen MR) is 105 cm³/mol. The molecule has 1 unspecified atom stereocenters. The third kappa shape index (κ3) is 4.95. The summed E-state index contributed by atoms with van der Waals surface area (Å²) in [4.78, 5) is 26.7. The smallest absolute Gasteiger partial charge is 0.251 e. The molecule has 0 bridgehead atoms. The zero-order chi connectivity index (χ0) is 19.1. The lowest BCUT2D eigenvalue weighted by Gasteiger charge is -2.23. The molecule has 0 spiro atoms. The number of amides is 1.